The van der Waals surface area contributed by atoms with Crippen molar-refractivity contribution in [1.29, 1.82) is 0 Å². The molecule has 0 aromatic rings. The van der Waals surface area contributed by atoms with E-state index in [4.69, 9.17) is 20.4 Å². The molecule has 182 valence electrons. The largest absolute Gasteiger partial charge is 0.481 e. The maximum Gasteiger partial charge on any atom is 0.314 e. The van der Waals surface area contributed by atoms with Crippen molar-refractivity contribution in [3.05, 3.63) is 0 Å². The lowest BCUT2D eigenvalue weighted by Crippen LogP contribution is -2.35. The number of carboxylic acid groups (broad SMARTS) is 6. The minimum atomic E-state index is -2.08. The van der Waals surface area contributed by atoms with Crippen LogP contribution in [0.4, 0.5) is 0 Å². The summed E-state index contributed by atoms with van der Waals surface area (Å²) in [5.41, 5.74) is 0. The van der Waals surface area contributed by atoms with Gasteiger partial charge in [-0.15, -0.1) is 0 Å². The standard InChI is InChI=1S/C18H20O15/c19-10(20)2-7(15(25)26)8(16(27)28)4-12(22)33-11(21)3-5-6(14(23)24)1-9(17(29)30)13(5)18(31)32/h5-9,13H,1-4H2,(H,19,20)(H,23,24)(H,25,26)(H,27,28)(H,29,30)(H,31,32). The fraction of sp³-hybridized carbons (Fsp3) is 0.556. The molecule has 6 atom stereocenters. The number of rotatable bonds is 12. The van der Waals surface area contributed by atoms with Gasteiger partial charge in [-0.1, -0.05) is 0 Å². The Kier molecular flexibility index (Phi) is 9.01. The van der Waals surface area contributed by atoms with Gasteiger partial charge in [0.05, 0.1) is 48.9 Å². The van der Waals surface area contributed by atoms with Gasteiger partial charge in [0, 0.05) is 0 Å². The second-order valence-corrected chi connectivity index (χ2v) is 7.39. The third-order valence-corrected chi connectivity index (χ3v) is 5.37. The summed E-state index contributed by atoms with van der Waals surface area (Å²) in [4.78, 5) is 91.6. The number of hydrogen-bond acceptors (Lipinski definition) is 9. The summed E-state index contributed by atoms with van der Waals surface area (Å²) in [5.74, 6) is -23.9. The van der Waals surface area contributed by atoms with Gasteiger partial charge in [-0.3, -0.25) is 38.4 Å². The van der Waals surface area contributed by atoms with Crippen molar-refractivity contribution in [2.45, 2.75) is 25.7 Å². The van der Waals surface area contributed by atoms with Gasteiger partial charge in [0.1, 0.15) is 0 Å². The van der Waals surface area contributed by atoms with Crippen molar-refractivity contribution in [3.63, 3.8) is 0 Å². The summed E-state index contributed by atoms with van der Waals surface area (Å²) < 4.78 is 4.36. The van der Waals surface area contributed by atoms with Gasteiger partial charge >= 0.3 is 47.8 Å². The summed E-state index contributed by atoms with van der Waals surface area (Å²) in [7, 11) is 0. The molecule has 6 unspecified atom stereocenters. The predicted octanol–water partition coefficient (Wildman–Crippen LogP) is -1.16. The van der Waals surface area contributed by atoms with Crippen LogP contribution in [0.1, 0.15) is 25.7 Å². The summed E-state index contributed by atoms with van der Waals surface area (Å²) in [6.45, 7) is 0. The number of carbonyl (C=O) groups is 8. The Morgan fingerprint density at radius 2 is 1.15 bits per heavy atom. The first-order valence-electron chi connectivity index (χ1n) is 9.26. The molecule has 0 bridgehead atoms. The normalized spacial score (nSPS) is 23.6. The quantitative estimate of drug-likeness (QED) is 0.143. The Morgan fingerprint density at radius 3 is 1.55 bits per heavy atom. The van der Waals surface area contributed by atoms with E-state index in [2.05, 4.69) is 4.74 Å². The molecule has 1 aliphatic carbocycles. The fourth-order valence-electron chi connectivity index (χ4n) is 3.88. The average molecular weight is 476 g/mol. The summed E-state index contributed by atoms with van der Waals surface area (Å²) >= 11 is 0. The zero-order valence-corrected chi connectivity index (χ0v) is 16.7. The van der Waals surface area contributed by atoms with Crippen molar-refractivity contribution >= 4 is 47.8 Å². The van der Waals surface area contributed by atoms with Gasteiger partial charge in [0.25, 0.3) is 0 Å². The molecule has 1 aliphatic rings. The van der Waals surface area contributed by atoms with E-state index in [1.807, 2.05) is 0 Å². The summed E-state index contributed by atoms with van der Waals surface area (Å²) in [6, 6.07) is 0. The highest BCUT2D eigenvalue weighted by Crippen LogP contribution is 2.44. The number of hydrogen-bond donors (Lipinski definition) is 6. The van der Waals surface area contributed by atoms with Crippen LogP contribution in [0.3, 0.4) is 0 Å². The van der Waals surface area contributed by atoms with Crippen LogP contribution in [-0.4, -0.2) is 78.4 Å². The van der Waals surface area contributed by atoms with Gasteiger partial charge in [-0.2, -0.15) is 0 Å². The van der Waals surface area contributed by atoms with E-state index >= 15 is 0 Å². The molecule has 0 aromatic carbocycles. The van der Waals surface area contributed by atoms with Crippen LogP contribution in [0.25, 0.3) is 0 Å². The Morgan fingerprint density at radius 1 is 0.667 bits per heavy atom. The molecular weight excluding hydrogens is 456 g/mol. The number of ether oxygens (including phenoxy) is 1. The van der Waals surface area contributed by atoms with Crippen molar-refractivity contribution in [1.82, 2.24) is 0 Å². The smallest absolute Gasteiger partial charge is 0.314 e. The molecule has 0 amide bonds. The number of carboxylic acids is 6. The molecule has 0 radical (unpaired) electrons. The van der Waals surface area contributed by atoms with E-state index in [0.29, 0.717) is 0 Å². The molecule has 15 nitrogen and oxygen atoms in total. The first kappa shape index (κ1) is 27.0. The summed E-state index contributed by atoms with van der Waals surface area (Å²) in [5, 5.41) is 54.7. The Balaban J connectivity index is 2.98. The highest BCUT2D eigenvalue weighted by molar-refractivity contribution is 5.91. The fourth-order valence-corrected chi connectivity index (χ4v) is 3.88. The zero-order chi connectivity index (χ0) is 25.6. The zero-order valence-electron chi connectivity index (χ0n) is 16.7. The number of aliphatic carboxylic acids is 6. The molecule has 0 aliphatic heterocycles. The van der Waals surface area contributed by atoms with Gasteiger partial charge in [-0.25, -0.2) is 0 Å². The van der Waals surface area contributed by atoms with Crippen molar-refractivity contribution in [2.75, 3.05) is 0 Å². The Hall–Kier alpha value is -4.04. The maximum atomic E-state index is 12.1. The van der Waals surface area contributed by atoms with Crippen LogP contribution in [0.2, 0.25) is 0 Å². The minimum Gasteiger partial charge on any atom is -0.481 e. The van der Waals surface area contributed by atoms with Crippen LogP contribution >= 0.6 is 0 Å². The van der Waals surface area contributed by atoms with Gasteiger partial charge < -0.3 is 35.4 Å². The highest BCUT2D eigenvalue weighted by atomic mass is 16.6. The third kappa shape index (κ3) is 6.98. The number of carbonyl (C=O) groups excluding carboxylic acids is 2. The third-order valence-electron chi connectivity index (χ3n) is 5.37. The highest BCUT2D eigenvalue weighted by Gasteiger charge is 2.53. The first-order chi connectivity index (χ1) is 15.2. The SMILES string of the molecule is O=C(O)CC(C(=O)O)C(CC(=O)OC(=O)CC1C(C(=O)O)CC(C(=O)O)C1C(=O)O)C(=O)O. The lowest BCUT2D eigenvalue weighted by atomic mass is 9.84. The van der Waals surface area contributed by atoms with Gasteiger partial charge in [0.2, 0.25) is 0 Å². The van der Waals surface area contributed by atoms with E-state index in [1.165, 1.54) is 0 Å². The van der Waals surface area contributed by atoms with Crippen LogP contribution < -0.4 is 0 Å². The molecule has 0 heterocycles. The molecule has 0 aromatic heterocycles. The van der Waals surface area contributed by atoms with Crippen molar-refractivity contribution in [3.8, 4) is 0 Å². The molecule has 0 saturated heterocycles. The lowest BCUT2D eigenvalue weighted by Gasteiger charge is -2.20. The van der Waals surface area contributed by atoms with Crippen molar-refractivity contribution < 1.29 is 73.7 Å². The van der Waals surface area contributed by atoms with Gasteiger partial charge in [-0.05, 0) is 12.3 Å². The predicted molar refractivity (Wildman–Crippen MR) is 96.3 cm³/mol. The minimum absolute atomic E-state index is 0.593. The molecule has 15 heteroatoms. The lowest BCUT2D eigenvalue weighted by molar-refractivity contribution is -0.167. The molecule has 1 rings (SSSR count). The van der Waals surface area contributed by atoms with E-state index in [1.54, 1.807) is 0 Å². The second kappa shape index (κ2) is 11.0. The van der Waals surface area contributed by atoms with Crippen LogP contribution in [-0.2, 0) is 43.1 Å². The molecule has 0 spiro atoms. The monoisotopic (exact) mass is 476 g/mol. The molecule has 1 saturated carbocycles. The maximum absolute atomic E-state index is 12.1. The molecule has 1 fully saturated rings. The molecular formula is C18H20O15. The van der Waals surface area contributed by atoms with Crippen LogP contribution in [0.15, 0.2) is 0 Å². The molecule has 6 N–H and O–H groups in total. The topological polar surface area (TPSA) is 267 Å². The first-order valence-corrected chi connectivity index (χ1v) is 9.26. The van der Waals surface area contributed by atoms with Gasteiger partial charge in [0.15, 0.2) is 0 Å². The van der Waals surface area contributed by atoms with Crippen LogP contribution in [0.5, 0.6) is 0 Å². The Labute approximate surface area is 183 Å². The average Bonchev–Trinajstić information content (AvgIpc) is 3.03. The Bertz CT molecular complexity index is 874. The van der Waals surface area contributed by atoms with E-state index in [9.17, 15) is 48.6 Å². The van der Waals surface area contributed by atoms with E-state index < -0.39 is 109 Å². The molecule has 33 heavy (non-hydrogen) atoms. The number of esters is 2. The summed E-state index contributed by atoms with van der Waals surface area (Å²) in [6.07, 6.45) is -3.96. The second-order valence-electron chi connectivity index (χ2n) is 7.39. The van der Waals surface area contributed by atoms with E-state index in [-0.39, 0.29) is 0 Å². The van der Waals surface area contributed by atoms with Crippen LogP contribution in [0, 0.1) is 35.5 Å². The van der Waals surface area contributed by atoms with E-state index in [0.717, 1.165) is 0 Å². The van der Waals surface area contributed by atoms with Crippen molar-refractivity contribution in [2.24, 2.45) is 35.5 Å².